The first-order chi connectivity index (χ1) is 14.2. The largest absolute Gasteiger partial charge is 0.444 e. The van der Waals surface area contributed by atoms with Gasteiger partial charge < -0.3 is 15.5 Å². The lowest BCUT2D eigenvalue weighted by molar-refractivity contribution is 0.0498. The second-order valence-corrected chi connectivity index (χ2v) is 8.82. The number of alkyl carbamates (subject to hydrolysis) is 1. The van der Waals surface area contributed by atoms with Crippen molar-refractivity contribution in [3.8, 4) is 0 Å². The van der Waals surface area contributed by atoms with Crippen LogP contribution < -0.4 is 16.3 Å². The standard InChI is InChI=1S/C22H31FN4O3/c1-5-16(25-21(29)30-22(2,3)4)19-24-17-13-9-12-15(23)18(17)20(28)27(19)26-14-10-7-6-8-11-14/h9,12-14,16,26H,5-8,10-11H2,1-4H3,(H,25,29)/t16-/m0/s1. The normalized spacial score (nSPS) is 16.3. The van der Waals surface area contributed by atoms with Gasteiger partial charge in [0, 0.05) is 6.04 Å². The monoisotopic (exact) mass is 418 g/mol. The van der Waals surface area contributed by atoms with Crippen LogP contribution in [0, 0.1) is 5.82 Å². The van der Waals surface area contributed by atoms with Gasteiger partial charge in [0.25, 0.3) is 5.56 Å². The van der Waals surface area contributed by atoms with Gasteiger partial charge in [-0.05, 0) is 52.2 Å². The number of aromatic nitrogens is 2. The number of hydrogen-bond donors (Lipinski definition) is 2. The Morgan fingerprint density at radius 1 is 1.30 bits per heavy atom. The van der Waals surface area contributed by atoms with Crippen molar-refractivity contribution >= 4 is 17.0 Å². The van der Waals surface area contributed by atoms with E-state index in [0.717, 1.165) is 25.7 Å². The highest BCUT2D eigenvalue weighted by Gasteiger charge is 2.26. The number of nitrogens with zero attached hydrogens (tertiary/aromatic N) is 2. The van der Waals surface area contributed by atoms with Crippen molar-refractivity contribution in [1.82, 2.24) is 15.0 Å². The van der Waals surface area contributed by atoms with Crippen molar-refractivity contribution in [3.05, 3.63) is 40.2 Å². The number of fused-ring (bicyclic) bond motifs is 1. The van der Waals surface area contributed by atoms with Crippen molar-refractivity contribution in [3.63, 3.8) is 0 Å². The second kappa shape index (κ2) is 9.02. The van der Waals surface area contributed by atoms with Gasteiger partial charge in [0.15, 0.2) is 5.82 Å². The van der Waals surface area contributed by atoms with E-state index in [9.17, 15) is 14.0 Å². The van der Waals surface area contributed by atoms with Gasteiger partial charge in [-0.25, -0.2) is 18.8 Å². The molecule has 0 aliphatic heterocycles. The van der Waals surface area contributed by atoms with Gasteiger partial charge in [0.1, 0.15) is 16.8 Å². The predicted octanol–water partition coefficient (Wildman–Crippen LogP) is 4.39. The summed E-state index contributed by atoms with van der Waals surface area (Å²) in [5.74, 6) is -0.263. The molecule has 1 saturated carbocycles. The first kappa shape index (κ1) is 22.1. The van der Waals surface area contributed by atoms with Crippen LogP contribution in [0.15, 0.2) is 23.0 Å². The fraction of sp³-hybridized carbons (Fsp3) is 0.591. The lowest BCUT2D eigenvalue weighted by atomic mass is 9.96. The fourth-order valence-electron chi connectivity index (χ4n) is 3.78. The minimum Gasteiger partial charge on any atom is -0.444 e. The molecule has 164 valence electrons. The number of rotatable bonds is 5. The molecule has 0 spiro atoms. The molecule has 0 unspecified atom stereocenters. The maximum Gasteiger partial charge on any atom is 0.408 e. The summed E-state index contributed by atoms with van der Waals surface area (Å²) in [6.07, 6.45) is 5.07. The predicted molar refractivity (Wildman–Crippen MR) is 115 cm³/mol. The quantitative estimate of drug-likeness (QED) is 0.752. The first-order valence-corrected chi connectivity index (χ1v) is 10.7. The number of ether oxygens (including phenoxy) is 1. The van der Waals surface area contributed by atoms with Crippen LogP contribution in [0.25, 0.3) is 10.9 Å². The highest BCUT2D eigenvalue weighted by molar-refractivity contribution is 5.78. The van der Waals surface area contributed by atoms with Crippen molar-refractivity contribution in [1.29, 1.82) is 0 Å². The van der Waals surface area contributed by atoms with Crippen LogP contribution in [0.3, 0.4) is 0 Å². The van der Waals surface area contributed by atoms with E-state index in [-0.39, 0.29) is 16.9 Å². The summed E-state index contributed by atoms with van der Waals surface area (Å²) in [4.78, 5) is 30.2. The Labute approximate surface area is 176 Å². The Hall–Kier alpha value is -2.64. The topological polar surface area (TPSA) is 85.2 Å². The zero-order valence-corrected chi connectivity index (χ0v) is 18.1. The lowest BCUT2D eigenvalue weighted by Crippen LogP contribution is -2.43. The Morgan fingerprint density at radius 3 is 2.63 bits per heavy atom. The van der Waals surface area contributed by atoms with Crippen LogP contribution >= 0.6 is 0 Å². The number of hydrogen-bond acceptors (Lipinski definition) is 5. The highest BCUT2D eigenvalue weighted by atomic mass is 19.1. The molecule has 7 nitrogen and oxygen atoms in total. The third-order valence-corrected chi connectivity index (χ3v) is 5.20. The van der Waals surface area contributed by atoms with E-state index in [1.807, 2.05) is 6.92 Å². The average molecular weight is 419 g/mol. The van der Waals surface area contributed by atoms with Crippen LogP contribution in [-0.4, -0.2) is 27.4 Å². The van der Waals surface area contributed by atoms with Crippen LogP contribution in [0.4, 0.5) is 9.18 Å². The van der Waals surface area contributed by atoms with E-state index in [1.54, 1.807) is 26.8 Å². The number of amides is 1. The van der Waals surface area contributed by atoms with Crippen molar-refractivity contribution in [2.24, 2.45) is 0 Å². The molecule has 0 radical (unpaired) electrons. The van der Waals surface area contributed by atoms with Gasteiger partial charge in [-0.15, -0.1) is 0 Å². The van der Waals surface area contributed by atoms with Crippen molar-refractivity contribution in [2.45, 2.75) is 83.9 Å². The fourth-order valence-corrected chi connectivity index (χ4v) is 3.78. The summed E-state index contributed by atoms with van der Waals surface area (Å²) in [7, 11) is 0. The van der Waals surface area contributed by atoms with Crippen LogP contribution in [0.1, 0.15) is 78.1 Å². The zero-order valence-electron chi connectivity index (χ0n) is 18.1. The van der Waals surface area contributed by atoms with E-state index in [4.69, 9.17) is 4.74 Å². The van der Waals surface area contributed by atoms with Gasteiger partial charge in [0.05, 0.1) is 11.6 Å². The minimum atomic E-state index is -0.650. The van der Waals surface area contributed by atoms with E-state index in [2.05, 4.69) is 15.7 Å². The van der Waals surface area contributed by atoms with Crippen LogP contribution in [0.2, 0.25) is 0 Å². The molecule has 1 atom stereocenters. The summed E-state index contributed by atoms with van der Waals surface area (Å²) >= 11 is 0. The van der Waals surface area contributed by atoms with Crippen molar-refractivity contribution < 1.29 is 13.9 Å². The smallest absolute Gasteiger partial charge is 0.408 e. The summed E-state index contributed by atoms with van der Waals surface area (Å²) in [6.45, 7) is 7.23. The Bertz CT molecular complexity index is 961. The highest BCUT2D eigenvalue weighted by Crippen LogP contribution is 2.22. The lowest BCUT2D eigenvalue weighted by Gasteiger charge is -2.28. The average Bonchev–Trinajstić information content (AvgIpc) is 2.67. The summed E-state index contributed by atoms with van der Waals surface area (Å²) in [5.41, 5.74) is 2.37. The van der Waals surface area contributed by atoms with E-state index < -0.39 is 29.1 Å². The minimum absolute atomic E-state index is 0.0586. The van der Waals surface area contributed by atoms with Gasteiger partial charge in [-0.2, -0.15) is 0 Å². The van der Waals surface area contributed by atoms with Crippen molar-refractivity contribution in [2.75, 3.05) is 5.43 Å². The third kappa shape index (κ3) is 5.09. The van der Waals surface area contributed by atoms with E-state index in [0.29, 0.717) is 12.2 Å². The molecular weight excluding hydrogens is 387 g/mol. The summed E-state index contributed by atoms with van der Waals surface area (Å²) in [6, 6.07) is 3.91. The Morgan fingerprint density at radius 2 is 2.00 bits per heavy atom. The molecule has 3 rings (SSSR count). The zero-order chi connectivity index (χ0) is 21.9. The molecule has 0 bridgehead atoms. The molecule has 1 amide bonds. The number of nitrogens with one attached hydrogen (secondary N) is 2. The van der Waals surface area contributed by atoms with E-state index in [1.165, 1.54) is 23.2 Å². The molecule has 1 fully saturated rings. The molecule has 30 heavy (non-hydrogen) atoms. The van der Waals surface area contributed by atoms with E-state index >= 15 is 0 Å². The third-order valence-electron chi connectivity index (χ3n) is 5.20. The van der Waals surface area contributed by atoms with Gasteiger partial charge in [-0.1, -0.05) is 32.3 Å². The molecule has 1 aliphatic carbocycles. The van der Waals surface area contributed by atoms with Gasteiger partial charge >= 0.3 is 6.09 Å². The Kier molecular flexibility index (Phi) is 6.63. The van der Waals surface area contributed by atoms with Gasteiger partial charge in [0.2, 0.25) is 0 Å². The summed E-state index contributed by atoms with van der Waals surface area (Å²) in [5, 5.41) is 2.75. The molecule has 0 saturated heterocycles. The maximum absolute atomic E-state index is 14.4. The first-order valence-electron chi connectivity index (χ1n) is 10.7. The summed E-state index contributed by atoms with van der Waals surface area (Å²) < 4.78 is 21.1. The molecule has 2 N–H and O–H groups in total. The molecule has 8 heteroatoms. The molecule has 1 aromatic carbocycles. The molecule has 1 heterocycles. The number of benzene rings is 1. The second-order valence-electron chi connectivity index (χ2n) is 8.82. The number of carbonyl (C=O) groups excluding carboxylic acids is 1. The number of halogens is 1. The molecule has 1 aliphatic rings. The van der Waals surface area contributed by atoms with Crippen LogP contribution in [0.5, 0.6) is 0 Å². The molecular formula is C22H31FN4O3. The van der Waals surface area contributed by atoms with Gasteiger partial charge in [-0.3, -0.25) is 4.79 Å². The molecule has 1 aromatic heterocycles. The van der Waals surface area contributed by atoms with Crippen LogP contribution in [-0.2, 0) is 4.74 Å². The maximum atomic E-state index is 14.4. The Balaban J connectivity index is 2.04. The SMILES string of the molecule is CC[C@H](NC(=O)OC(C)(C)C)c1nc2cccc(F)c2c(=O)n1NC1CCCCC1. The molecule has 2 aromatic rings. The number of carbonyl (C=O) groups is 1.